The fourth-order valence-electron chi connectivity index (χ4n) is 2.01. The molecule has 2 N–H and O–H groups in total. The van der Waals surface area contributed by atoms with Crippen molar-refractivity contribution in [2.24, 2.45) is 5.73 Å². The maximum atomic E-state index is 12.3. The first-order chi connectivity index (χ1) is 9.97. The molecule has 0 unspecified atom stereocenters. The minimum absolute atomic E-state index is 0.0850. The number of hydrogen-bond acceptors (Lipinski definition) is 2. The number of benzene rings is 2. The molecular formula is C16H15ClN2OS. The third kappa shape index (κ3) is 4.03. The predicted molar refractivity (Wildman–Crippen MR) is 89.6 cm³/mol. The second kappa shape index (κ2) is 6.70. The van der Waals surface area contributed by atoms with Crippen molar-refractivity contribution in [2.75, 3.05) is 7.05 Å². The Kier molecular flexibility index (Phi) is 4.94. The highest BCUT2D eigenvalue weighted by molar-refractivity contribution is 7.80. The summed E-state index contributed by atoms with van der Waals surface area (Å²) in [5.41, 5.74) is 7.95. The molecule has 0 aliphatic carbocycles. The average Bonchev–Trinajstić information content (AvgIpc) is 2.46. The van der Waals surface area contributed by atoms with Crippen LogP contribution in [0.2, 0.25) is 5.02 Å². The minimum Gasteiger partial charge on any atom is -0.389 e. The summed E-state index contributed by atoms with van der Waals surface area (Å²) in [4.78, 5) is 14.3. The monoisotopic (exact) mass is 318 g/mol. The van der Waals surface area contributed by atoms with E-state index in [4.69, 9.17) is 29.6 Å². The Labute approximate surface area is 134 Å². The molecule has 2 rings (SSSR count). The molecule has 21 heavy (non-hydrogen) atoms. The molecule has 0 atom stereocenters. The summed E-state index contributed by atoms with van der Waals surface area (Å²) in [5.74, 6) is -0.0850. The lowest BCUT2D eigenvalue weighted by atomic mass is 10.1. The van der Waals surface area contributed by atoms with E-state index in [0.717, 1.165) is 11.1 Å². The second-order valence-corrected chi connectivity index (χ2v) is 5.61. The van der Waals surface area contributed by atoms with Crippen molar-refractivity contribution >= 4 is 34.7 Å². The van der Waals surface area contributed by atoms with Gasteiger partial charge in [-0.1, -0.05) is 48.1 Å². The van der Waals surface area contributed by atoms with Crippen LogP contribution in [0.1, 0.15) is 21.5 Å². The number of nitrogens with two attached hydrogens (primary N) is 1. The highest BCUT2D eigenvalue weighted by atomic mass is 35.5. The lowest BCUT2D eigenvalue weighted by molar-refractivity contribution is 0.0785. The molecule has 0 spiro atoms. The lowest BCUT2D eigenvalue weighted by Crippen LogP contribution is -2.26. The van der Waals surface area contributed by atoms with E-state index in [1.54, 1.807) is 36.2 Å². The fraction of sp³-hybridized carbons (Fsp3) is 0.125. The minimum atomic E-state index is -0.0850. The fourth-order valence-corrected chi connectivity index (χ4v) is 2.33. The molecule has 3 nitrogen and oxygen atoms in total. The molecule has 0 saturated carbocycles. The molecule has 0 aliphatic heterocycles. The Morgan fingerprint density at radius 1 is 1.19 bits per heavy atom. The molecule has 0 bridgehead atoms. The number of rotatable bonds is 4. The molecule has 0 aromatic heterocycles. The molecule has 2 aromatic rings. The van der Waals surface area contributed by atoms with Crippen molar-refractivity contribution in [3.8, 4) is 0 Å². The van der Waals surface area contributed by atoms with Crippen LogP contribution in [0.4, 0.5) is 0 Å². The van der Waals surface area contributed by atoms with Gasteiger partial charge in [-0.2, -0.15) is 0 Å². The van der Waals surface area contributed by atoms with E-state index in [2.05, 4.69) is 0 Å². The van der Waals surface area contributed by atoms with Gasteiger partial charge in [0.2, 0.25) is 0 Å². The Morgan fingerprint density at radius 3 is 2.52 bits per heavy atom. The van der Waals surface area contributed by atoms with Crippen molar-refractivity contribution in [1.82, 2.24) is 4.90 Å². The largest absolute Gasteiger partial charge is 0.389 e. The van der Waals surface area contributed by atoms with Gasteiger partial charge in [0, 0.05) is 29.7 Å². The Bertz CT molecular complexity index is 687. The molecule has 0 fully saturated rings. The van der Waals surface area contributed by atoms with Crippen LogP contribution in [0.5, 0.6) is 0 Å². The third-order valence-corrected chi connectivity index (χ3v) is 3.52. The van der Waals surface area contributed by atoms with Crippen molar-refractivity contribution in [3.05, 3.63) is 70.2 Å². The van der Waals surface area contributed by atoms with E-state index in [9.17, 15) is 4.79 Å². The summed E-state index contributed by atoms with van der Waals surface area (Å²) in [6, 6.07) is 14.5. The summed E-state index contributed by atoms with van der Waals surface area (Å²) >= 11 is 10.9. The van der Waals surface area contributed by atoms with Crippen molar-refractivity contribution in [1.29, 1.82) is 0 Å². The average molecular weight is 319 g/mol. The Balaban J connectivity index is 2.14. The highest BCUT2D eigenvalue weighted by Crippen LogP contribution is 2.14. The molecule has 1 amide bonds. The first-order valence-corrected chi connectivity index (χ1v) is 7.16. The maximum Gasteiger partial charge on any atom is 0.253 e. The van der Waals surface area contributed by atoms with Gasteiger partial charge in [0.1, 0.15) is 4.99 Å². The van der Waals surface area contributed by atoms with Crippen LogP contribution in [0.25, 0.3) is 0 Å². The van der Waals surface area contributed by atoms with Gasteiger partial charge in [0.05, 0.1) is 0 Å². The zero-order chi connectivity index (χ0) is 15.4. The number of carbonyl (C=O) groups is 1. The standard InChI is InChI=1S/C16H15ClN2OS/c1-19(16(20)13-6-3-7-14(17)9-13)10-11-4-2-5-12(8-11)15(18)21/h2-9H,10H2,1H3,(H2,18,21). The van der Waals surface area contributed by atoms with E-state index in [1.165, 1.54) is 0 Å². The first-order valence-electron chi connectivity index (χ1n) is 6.37. The van der Waals surface area contributed by atoms with E-state index in [-0.39, 0.29) is 5.91 Å². The van der Waals surface area contributed by atoms with E-state index in [1.807, 2.05) is 24.3 Å². The van der Waals surface area contributed by atoms with E-state index in [0.29, 0.717) is 22.1 Å². The number of hydrogen-bond donors (Lipinski definition) is 1. The molecule has 2 aromatic carbocycles. The first kappa shape index (κ1) is 15.5. The van der Waals surface area contributed by atoms with Crippen LogP contribution < -0.4 is 5.73 Å². The summed E-state index contributed by atoms with van der Waals surface area (Å²) in [6.07, 6.45) is 0. The number of thiocarbonyl (C=S) groups is 1. The van der Waals surface area contributed by atoms with E-state index < -0.39 is 0 Å². The molecular weight excluding hydrogens is 304 g/mol. The number of carbonyl (C=O) groups excluding carboxylic acids is 1. The van der Waals surface area contributed by atoms with Crippen molar-refractivity contribution < 1.29 is 4.79 Å². The third-order valence-electron chi connectivity index (χ3n) is 3.05. The quantitative estimate of drug-likeness (QED) is 0.880. The molecule has 0 heterocycles. The summed E-state index contributed by atoms with van der Waals surface area (Å²) < 4.78 is 0. The normalized spacial score (nSPS) is 10.2. The van der Waals surface area contributed by atoms with Crippen LogP contribution in [0, 0.1) is 0 Å². The van der Waals surface area contributed by atoms with Gasteiger partial charge in [-0.25, -0.2) is 0 Å². The smallest absolute Gasteiger partial charge is 0.253 e. The highest BCUT2D eigenvalue weighted by Gasteiger charge is 2.12. The van der Waals surface area contributed by atoms with Crippen LogP contribution in [0.3, 0.4) is 0 Å². The summed E-state index contributed by atoms with van der Waals surface area (Å²) in [5, 5.41) is 0.546. The zero-order valence-electron chi connectivity index (χ0n) is 11.5. The maximum absolute atomic E-state index is 12.3. The molecule has 0 aliphatic rings. The van der Waals surface area contributed by atoms with Crippen LogP contribution in [-0.2, 0) is 6.54 Å². The Hall–Kier alpha value is -1.91. The number of nitrogens with zero attached hydrogens (tertiary/aromatic N) is 1. The van der Waals surface area contributed by atoms with Crippen molar-refractivity contribution in [3.63, 3.8) is 0 Å². The number of amides is 1. The van der Waals surface area contributed by atoms with Crippen molar-refractivity contribution in [2.45, 2.75) is 6.54 Å². The molecule has 108 valence electrons. The molecule has 0 radical (unpaired) electrons. The zero-order valence-corrected chi connectivity index (χ0v) is 13.1. The molecule has 5 heteroatoms. The second-order valence-electron chi connectivity index (χ2n) is 4.74. The van der Waals surface area contributed by atoms with Gasteiger partial charge >= 0.3 is 0 Å². The van der Waals surface area contributed by atoms with Gasteiger partial charge in [0.25, 0.3) is 5.91 Å². The number of halogens is 1. The van der Waals surface area contributed by atoms with Gasteiger partial charge in [-0.05, 0) is 29.8 Å². The predicted octanol–water partition coefficient (Wildman–Crippen LogP) is 3.25. The SMILES string of the molecule is CN(Cc1cccc(C(N)=S)c1)C(=O)c1cccc(Cl)c1. The van der Waals surface area contributed by atoms with E-state index >= 15 is 0 Å². The van der Waals surface area contributed by atoms with Crippen LogP contribution >= 0.6 is 23.8 Å². The molecule has 0 saturated heterocycles. The van der Waals surface area contributed by atoms with Gasteiger partial charge < -0.3 is 10.6 Å². The van der Waals surface area contributed by atoms with Crippen LogP contribution in [0.15, 0.2) is 48.5 Å². The summed E-state index contributed by atoms with van der Waals surface area (Å²) in [6.45, 7) is 0.474. The van der Waals surface area contributed by atoms with Crippen LogP contribution in [-0.4, -0.2) is 22.8 Å². The lowest BCUT2D eigenvalue weighted by Gasteiger charge is -2.18. The van der Waals surface area contributed by atoms with Gasteiger partial charge in [-0.15, -0.1) is 0 Å². The summed E-state index contributed by atoms with van der Waals surface area (Å²) in [7, 11) is 1.75. The topological polar surface area (TPSA) is 46.3 Å². The van der Waals surface area contributed by atoms with Gasteiger partial charge in [0.15, 0.2) is 0 Å². The van der Waals surface area contributed by atoms with Gasteiger partial charge in [-0.3, -0.25) is 4.79 Å². The Morgan fingerprint density at radius 2 is 1.86 bits per heavy atom.